The van der Waals surface area contributed by atoms with E-state index < -0.39 is 11.9 Å². The van der Waals surface area contributed by atoms with Crippen LogP contribution in [0.15, 0.2) is 54.1 Å². The van der Waals surface area contributed by atoms with Gasteiger partial charge in [-0.25, -0.2) is 4.79 Å². The Morgan fingerprint density at radius 3 is 2.39 bits per heavy atom. The van der Waals surface area contributed by atoms with Crippen LogP contribution in [0.4, 0.5) is 5.69 Å². The second kappa shape index (κ2) is 8.90. The Morgan fingerprint density at radius 1 is 1.10 bits per heavy atom. The van der Waals surface area contributed by atoms with Gasteiger partial charge in [-0.1, -0.05) is 29.3 Å². The van der Waals surface area contributed by atoms with E-state index >= 15 is 0 Å². The summed E-state index contributed by atoms with van der Waals surface area (Å²) in [4.78, 5) is 23.9. The number of anilines is 1. The van der Waals surface area contributed by atoms with Gasteiger partial charge in [0.25, 0.3) is 5.91 Å². The van der Waals surface area contributed by atoms with Crippen LogP contribution >= 0.6 is 11.6 Å². The van der Waals surface area contributed by atoms with E-state index in [4.69, 9.17) is 11.6 Å². The minimum Gasteiger partial charge on any atom is -0.478 e. The number of benzene rings is 2. The van der Waals surface area contributed by atoms with Crippen molar-refractivity contribution in [2.45, 2.75) is 20.8 Å². The van der Waals surface area contributed by atoms with Gasteiger partial charge in [-0.05, 0) is 68.8 Å². The predicted octanol–water partition coefficient (Wildman–Crippen LogP) is 5.30. The van der Waals surface area contributed by atoms with E-state index in [1.54, 1.807) is 16.7 Å². The summed E-state index contributed by atoms with van der Waals surface area (Å²) >= 11 is 6.33. The summed E-state index contributed by atoms with van der Waals surface area (Å²) in [5.74, 6) is -1.57. The zero-order chi connectivity index (χ0) is 22.7. The number of nitriles is 1. The molecule has 0 aliphatic carbocycles. The molecule has 0 bridgehead atoms. The molecule has 1 amide bonds. The molecule has 0 fully saturated rings. The van der Waals surface area contributed by atoms with Gasteiger partial charge < -0.3 is 15.0 Å². The zero-order valence-electron chi connectivity index (χ0n) is 17.2. The van der Waals surface area contributed by atoms with Crippen LogP contribution in [-0.4, -0.2) is 21.6 Å². The topological polar surface area (TPSA) is 95.1 Å². The number of aromatic carboxylic acids is 1. The molecule has 7 heteroatoms. The van der Waals surface area contributed by atoms with E-state index in [9.17, 15) is 20.0 Å². The molecule has 1 heterocycles. The summed E-state index contributed by atoms with van der Waals surface area (Å²) in [6, 6.07) is 15.5. The number of nitrogens with zero attached hydrogens (tertiary/aromatic N) is 2. The Kier molecular flexibility index (Phi) is 6.28. The van der Waals surface area contributed by atoms with Crippen molar-refractivity contribution in [3.05, 3.63) is 87.2 Å². The second-order valence-corrected chi connectivity index (χ2v) is 7.53. The maximum atomic E-state index is 12.6. The Morgan fingerprint density at radius 2 is 1.77 bits per heavy atom. The third kappa shape index (κ3) is 4.68. The Balaban J connectivity index is 1.99. The minimum atomic E-state index is -1.06. The molecule has 3 rings (SSSR count). The monoisotopic (exact) mass is 433 g/mol. The van der Waals surface area contributed by atoms with Crippen molar-refractivity contribution in [2.24, 2.45) is 0 Å². The average Bonchev–Trinajstić information content (AvgIpc) is 3.01. The van der Waals surface area contributed by atoms with Gasteiger partial charge in [0, 0.05) is 17.1 Å². The maximum absolute atomic E-state index is 12.6. The van der Waals surface area contributed by atoms with Gasteiger partial charge >= 0.3 is 5.97 Å². The van der Waals surface area contributed by atoms with Crippen molar-refractivity contribution in [2.75, 3.05) is 5.32 Å². The fraction of sp³-hybridized carbons (Fsp3) is 0.125. The maximum Gasteiger partial charge on any atom is 0.335 e. The Bertz CT molecular complexity index is 1250. The molecule has 2 aromatic carbocycles. The number of carbonyl (C=O) groups is 2. The van der Waals surface area contributed by atoms with Gasteiger partial charge in [0.15, 0.2) is 0 Å². The summed E-state index contributed by atoms with van der Waals surface area (Å²) in [6.07, 6.45) is 1.51. The summed E-state index contributed by atoms with van der Waals surface area (Å²) in [6.45, 7) is 5.60. The Labute approximate surface area is 185 Å². The van der Waals surface area contributed by atoms with Crippen LogP contribution in [0.3, 0.4) is 0 Å². The van der Waals surface area contributed by atoms with Gasteiger partial charge in [0.05, 0.1) is 16.3 Å². The molecule has 6 nitrogen and oxygen atoms in total. The number of amides is 1. The van der Waals surface area contributed by atoms with Gasteiger partial charge in [0.2, 0.25) is 0 Å². The van der Waals surface area contributed by atoms with Crippen LogP contribution in [0.2, 0.25) is 5.02 Å². The molecule has 0 saturated carbocycles. The highest BCUT2D eigenvalue weighted by atomic mass is 35.5. The quantitative estimate of drug-likeness (QED) is 0.421. The third-order valence-electron chi connectivity index (χ3n) is 4.88. The number of carboxylic acid groups (broad SMARTS) is 1. The molecular weight excluding hydrogens is 414 g/mol. The zero-order valence-corrected chi connectivity index (χ0v) is 18.0. The fourth-order valence-corrected chi connectivity index (χ4v) is 3.46. The van der Waals surface area contributed by atoms with E-state index in [1.807, 2.05) is 45.0 Å². The number of rotatable bonds is 5. The predicted molar refractivity (Wildman–Crippen MR) is 121 cm³/mol. The first-order chi connectivity index (χ1) is 14.7. The van der Waals surface area contributed by atoms with Crippen LogP contribution in [-0.2, 0) is 4.79 Å². The molecule has 0 saturated heterocycles. The highest BCUT2D eigenvalue weighted by Gasteiger charge is 2.16. The molecule has 0 spiro atoms. The molecule has 0 radical (unpaired) electrons. The fourth-order valence-electron chi connectivity index (χ4n) is 3.26. The van der Waals surface area contributed by atoms with Crippen molar-refractivity contribution in [3.8, 4) is 11.8 Å². The van der Waals surface area contributed by atoms with Crippen molar-refractivity contribution >= 4 is 35.2 Å². The normalized spacial score (nSPS) is 11.1. The average molecular weight is 434 g/mol. The molecule has 31 heavy (non-hydrogen) atoms. The lowest BCUT2D eigenvalue weighted by Crippen LogP contribution is -2.13. The summed E-state index contributed by atoms with van der Waals surface area (Å²) in [5.41, 5.74) is 4.39. The van der Waals surface area contributed by atoms with Gasteiger partial charge in [-0.2, -0.15) is 5.26 Å². The molecular formula is C24H20ClN3O3. The number of aromatic nitrogens is 1. The molecule has 3 aromatic rings. The van der Waals surface area contributed by atoms with Crippen LogP contribution in [0, 0.1) is 32.1 Å². The summed E-state index contributed by atoms with van der Waals surface area (Å²) in [5, 5.41) is 21.9. The molecule has 1 aromatic heterocycles. The van der Waals surface area contributed by atoms with Crippen molar-refractivity contribution in [1.29, 1.82) is 5.26 Å². The molecule has 0 aliphatic rings. The first kappa shape index (κ1) is 21.9. The lowest BCUT2D eigenvalue weighted by Gasteiger charge is -2.12. The number of hydrogen-bond donors (Lipinski definition) is 2. The largest absolute Gasteiger partial charge is 0.478 e. The van der Waals surface area contributed by atoms with E-state index in [-0.39, 0.29) is 11.1 Å². The van der Waals surface area contributed by atoms with Crippen LogP contribution < -0.4 is 5.32 Å². The highest BCUT2D eigenvalue weighted by molar-refractivity contribution is 6.32. The highest BCUT2D eigenvalue weighted by Crippen LogP contribution is 2.28. The summed E-state index contributed by atoms with van der Waals surface area (Å²) in [7, 11) is 0. The minimum absolute atomic E-state index is 0.0498. The molecule has 0 atom stereocenters. The first-order valence-electron chi connectivity index (χ1n) is 9.43. The van der Waals surface area contributed by atoms with Gasteiger partial charge in [-0.15, -0.1) is 0 Å². The number of aryl methyl sites for hydroxylation is 2. The molecule has 156 valence electrons. The smallest absolute Gasteiger partial charge is 0.335 e. The van der Waals surface area contributed by atoms with E-state index in [2.05, 4.69) is 5.32 Å². The van der Waals surface area contributed by atoms with Gasteiger partial charge in [0.1, 0.15) is 11.6 Å². The van der Waals surface area contributed by atoms with Crippen molar-refractivity contribution in [1.82, 2.24) is 4.57 Å². The van der Waals surface area contributed by atoms with Crippen LogP contribution in [0.5, 0.6) is 0 Å². The van der Waals surface area contributed by atoms with Crippen LogP contribution in [0.1, 0.15) is 32.9 Å². The summed E-state index contributed by atoms with van der Waals surface area (Å²) < 4.78 is 1.80. The lowest BCUT2D eigenvalue weighted by molar-refractivity contribution is -0.112. The number of halogens is 1. The van der Waals surface area contributed by atoms with Crippen LogP contribution in [0.25, 0.3) is 11.8 Å². The van der Waals surface area contributed by atoms with E-state index in [0.29, 0.717) is 22.0 Å². The lowest BCUT2D eigenvalue weighted by atomic mass is 10.1. The second-order valence-electron chi connectivity index (χ2n) is 7.12. The van der Waals surface area contributed by atoms with E-state index in [0.717, 1.165) is 17.0 Å². The number of hydrogen-bond acceptors (Lipinski definition) is 3. The number of carbonyl (C=O) groups excluding carboxylic acids is 1. The van der Waals surface area contributed by atoms with E-state index in [1.165, 1.54) is 24.3 Å². The molecule has 0 aliphatic heterocycles. The third-order valence-corrected chi connectivity index (χ3v) is 5.20. The van der Waals surface area contributed by atoms with Crippen molar-refractivity contribution in [3.63, 3.8) is 0 Å². The van der Waals surface area contributed by atoms with Gasteiger partial charge in [-0.3, -0.25) is 4.79 Å². The Hall–Kier alpha value is -3.82. The number of nitrogens with one attached hydrogen (secondary N) is 1. The number of carboxylic acids is 1. The molecule has 2 N–H and O–H groups in total. The first-order valence-corrected chi connectivity index (χ1v) is 9.81. The SMILES string of the molecule is Cc1ccc(NC(=O)/C(C#N)=C\c2cc(C)n(-c3cc(C(=O)O)ccc3Cl)c2C)cc1. The standard InChI is InChI=1S/C24H20ClN3O3/c1-14-4-7-20(8-5-14)27-23(29)19(13-26)11-18-10-15(2)28(16(18)3)22-12-17(24(30)31)6-9-21(22)25/h4-12H,1-3H3,(H,27,29)(H,30,31)/b19-11-. The van der Waals surface area contributed by atoms with Crippen molar-refractivity contribution < 1.29 is 14.7 Å². The molecule has 0 unspecified atom stereocenters.